The van der Waals surface area contributed by atoms with Gasteiger partial charge in [-0.2, -0.15) is 0 Å². The molecule has 1 N–H and O–H groups in total. The van der Waals surface area contributed by atoms with E-state index in [9.17, 15) is 10.1 Å². The van der Waals surface area contributed by atoms with Crippen LogP contribution in [0.25, 0.3) is 0 Å². The Bertz CT molecular complexity index is 677. The lowest BCUT2D eigenvalue weighted by Gasteiger charge is -2.10. The van der Waals surface area contributed by atoms with Gasteiger partial charge in [0, 0.05) is 22.3 Å². The summed E-state index contributed by atoms with van der Waals surface area (Å²) < 4.78 is 11.8. The van der Waals surface area contributed by atoms with Crippen LogP contribution in [0.5, 0.6) is 5.75 Å². The Kier molecular flexibility index (Phi) is 6.30. The number of halogens is 1. The monoisotopic (exact) mass is 396 g/mol. The van der Waals surface area contributed by atoms with E-state index in [0.29, 0.717) is 12.3 Å². The van der Waals surface area contributed by atoms with Gasteiger partial charge in [0.15, 0.2) is 0 Å². The number of benzene rings is 2. The third-order valence-electron chi connectivity index (χ3n) is 2.72. The number of nitro groups is 1. The van der Waals surface area contributed by atoms with Gasteiger partial charge in [-0.25, -0.2) is 0 Å². The van der Waals surface area contributed by atoms with E-state index in [4.69, 9.17) is 21.7 Å². The molecule has 8 heteroatoms. The summed E-state index contributed by atoms with van der Waals surface area (Å²) in [6, 6.07) is 13.4. The molecule has 0 aliphatic rings. The summed E-state index contributed by atoms with van der Waals surface area (Å²) in [7, 11) is 0. The molecule has 2 aromatic carbocycles. The first-order valence-corrected chi connectivity index (χ1v) is 7.81. The predicted octanol–water partition coefficient (Wildman–Crippen LogP) is 4.15. The average molecular weight is 397 g/mol. The third kappa shape index (κ3) is 5.84. The van der Waals surface area contributed by atoms with Gasteiger partial charge in [-0.15, -0.1) is 0 Å². The summed E-state index contributed by atoms with van der Waals surface area (Å²) in [4.78, 5) is 10.1. The van der Waals surface area contributed by atoms with Crippen LogP contribution in [0.3, 0.4) is 0 Å². The molecular weight excluding hydrogens is 384 g/mol. The van der Waals surface area contributed by atoms with Crippen LogP contribution in [0, 0.1) is 10.1 Å². The van der Waals surface area contributed by atoms with Gasteiger partial charge in [-0.3, -0.25) is 10.1 Å². The lowest BCUT2D eigenvalue weighted by molar-refractivity contribution is -0.384. The second-order valence-electron chi connectivity index (χ2n) is 4.37. The van der Waals surface area contributed by atoms with Gasteiger partial charge in [0.2, 0.25) is 0 Å². The van der Waals surface area contributed by atoms with Crippen molar-refractivity contribution < 1.29 is 14.4 Å². The Labute approximate surface area is 146 Å². The third-order valence-corrected chi connectivity index (χ3v) is 3.47. The number of hydrogen-bond donors (Lipinski definition) is 1. The van der Waals surface area contributed by atoms with Crippen LogP contribution < -0.4 is 10.1 Å². The van der Waals surface area contributed by atoms with Crippen molar-refractivity contribution in [1.29, 1.82) is 0 Å². The number of anilines is 1. The van der Waals surface area contributed by atoms with Crippen LogP contribution in [0.2, 0.25) is 0 Å². The van der Waals surface area contributed by atoms with Gasteiger partial charge in [0.1, 0.15) is 19.0 Å². The zero-order chi connectivity index (χ0) is 16.7. The number of nitrogens with zero attached hydrogens (tertiary/aromatic N) is 1. The van der Waals surface area contributed by atoms with E-state index in [0.717, 1.165) is 10.2 Å². The highest BCUT2D eigenvalue weighted by Gasteiger charge is 2.05. The van der Waals surface area contributed by atoms with Gasteiger partial charge in [0.25, 0.3) is 10.9 Å². The van der Waals surface area contributed by atoms with Crippen LogP contribution in [0.1, 0.15) is 0 Å². The Morgan fingerprint density at radius 3 is 2.39 bits per heavy atom. The molecule has 0 radical (unpaired) electrons. The maximum absolute atomic E-state index is 10.6. The van der Waals surface area contributed by atoms with E-state index < -0.39 is 4.92 Å². The molecule has 0 unspecified atom stereocenters. The number of non-ortho nitro benzene ring substituents is 1. The van der Waals surface area contributed by atoms with E-state index in [2.05, 4.69) is 21.2 Å². The fourth-order valence-electron chi connectivity index (χ4n) is 1.65. The molecule has 0 spiro atoms. The van der Waals surface area contributed by atoms with Gasteiger partial charge >= 0.3 is 0 Å². The molecule has 120 valence electrons. The first-order chi connectivity index (χ1) is 11.0. The molecular formula is C15H13BrN2O4S. The second-order valence-corrected chi connectivity index (χ2v) is 5.65. The predicted molar refractivity (Wildman–Crippen MR) is 94.9 cm³/mol. The number of hydrogen-bond acceptors (Lipinski definition) is 5. The van der Waals surface area contributed by atoms with Crippen molar-refractivity contribution in [2.45, 2.75) is 0 Å². The summed E-state index contributed by atoms with van der Waals surface area (Å²) in [5.41, 5.74) is 0.639. The van der Waals surface area contributed by atoms with Crippen molar-refractivity contribution >= 4 is 44.7 Å². The Hall–Kier alpha value is -2.19. The summed E-state index contributed by atoms with van der Waals surface area (Å²) in [6.07, 6.45) is 0. The van der Waals surface area contributed by atoms with Crippen molar-refractivity contribution in [2.24, 2.45) is 0 Å². The molecule has 2 rings (SSSR count). The van der Waals surface area contributed by atoms with Crippen molar-refractivity contribution in [3.05, 3.63) is 63.1 Å². The van der Waals surface area contributed by atoms with Gasteiger partial charge in [-0.05, 0) is 48.6 Å². The number of nitrogens with one attached hydrogen (secondary N) is 1. The fraction of sp³-hybridized carbons (Fsp3) is 0.133. The van der Waals surface area contributed by atoms with Gasteiger partial charge < -0.3 is 14.8 Å². The molecule has 0 saturated heterocycles. The maximum atomic E-state index is 10.6. The van der Waals surface area contributed by atoms with Crippen LogP contribution in [-0.2, 0) is 4.74 Å². The lowest BCUT2D eigenvalue weighted by atomic mass is 10.3. The fourth-order valence-corrected chi connectivity index (χ4v) is 2.11. The molecule has 0 aromatic heterocycles. The molecule has 0 fully saturated rings. The Balaban J connectivity index is 1.70. The van der Waals surface area contributed by atoms with Crippen molar-refractivity contribution in [3.8, 4) is 5.75 Å². The molecule has 0 atom stereocenters. The quantitative estimate of drug-likeness (QED) is 0.342. The molecule has 0 bridgehead atoms. The highest BCUT2D eigenvalue weighted by molar-refractivity contribution is 9.10. The Morgan fingerprint density at radius 2 is 1.78 bits per heavy atom. The zero-order valence-electron chi connectivity index (χ0n) is 11.9. The van der Waals surface area contributed by atoms with Crippen molar-refractivity contribution in [3.63, 3.8) is 0 Å². The SMILES string of the molecule is O=[N+]([O-])c1ccc(NC(=S)OCCOc2ccc(Br)cc2)cc1. The normalized spacial score (nSPS) is 9.96. The first-order valence-electron chi connectivity index (χ1n) is 6.61. The number of ether oxygens (including phenoxy) is 2. The number of rotatable bonds is 6. The molecule has 23 heavy (non-hydrogen) atoms. The molecule has 0 amide bonds. The topological polar surface area (TPSA) is 73.6 Å². The highest BCUT2D eigenvalue weighted by atomic mass is 79.9. The van der Waals surface area contributed by atoms with Crippen LogP contribution in [0.15, 0.2) is 53.0 Å². The standard InChI is InChI=1S/C15H13BrN2O4S/c16-11-1-7-14(8-2-11)21-9-10-22-15(23)17-12-3-5-13(6-4-12)18(19)20/h1-8H,9-10H2,(H,17,23). The summed E-state index contributed by atoms with van der Waals surface area (Å²) >= 11 is 8.39. The minimum Gasteiger partial charge on any atom is -0.490 e. The summed E-state index contributed by atoms with van der Waals surface area (Å²) in [5, 5.41) is 13.6. The highest BCUT2D eigenvalue weighted by Crippen LogP contribution is 2.16. The van der Waals surface area contributed by atoms with Crippen LogP contribution in [0.4, 0.5) is 11.4 Å². The van der Waals surface area contributed by atoms with Gasteiger partial charge in [0.05, 0.1) is 4.92 Å². The maximum Gasteiger partial charge on any atom is 0.269 e. The van der Waals surface area contributed by atoms with Crippen molar-refractivity contribution in [1.82, 2.24) is 0 Å². The molecule has 0 saturated carbocycles. The van der Waals surface area contributed by atoms with Crippen LogP contribution >= 0.6 is 28.1 Å². The summed E-state index contributed by atoms with van der Waals surface area (Å²) in [5.74, 6) is 0.742. The number of thiocarbonyl (C=S) groups is 1. The van der Waals surface area contributed by atoms with E-state index in [-0.39, 0.29) is 17.5 Å². The molecule has 0 aliphatic heterocycles. The van der Waals surface area contributed by atoms with E-state index in [1.165, 1.54) is 12.1 Å². The summed E-state index contributed by atoms with van der Waals surface area (Å²) in [6.45, 7) is 0.637. The largest absolute Gasteiger partial charge is 0.490 e. The molecule has 6 nitrogen and oxygen atoms in total. The van der Waals surface area contributed by atoms with E-state index >= 15 is 0 Å². The average Bonchev–Trinajstić information content (AvgIpc) is 2.54. The van der Waals surface area contributed by atoms with Crippen molar-refractivity contribution in [2.75, 3.05) is 18.5 Å². The second kappa shape index (κ2) is 8.44. The minimum absolute atomic E-state index is 0.0188. The van der Waals surface area contributed by atoms with E-state index in [1.54, 1.807) is 12.1 Å². The van der Waals surface area contributed by atoms with E-state index in [1.807, 2.05) is 24.3 Å². The lowest BCUT2D eigenvalue weighted by Crippen LogP contribution is -2.17. The molecule has 0 aliphatic carbocycles. The first kappa shape index (κ1) is 17.2. The van der Waals surface area contributed by atoms with Gasteiger partial charge in [-0.1, -0.05) is 15.9 Å². The van der Waals surface area contributed by atoms with Crippen LogP contribution in [-0.4, -0.2) is 23.3 Å². The minimum atomic E-state index is -0.460. The zero-order valence-corrected chi connectivity index (χ0v) is 14.3. The molecule has 0 heterocycles. The number of nitro benzene ring substituents is 1. The molecule has 2 aromatic rings. The smallest absolute Gasteiger partial charge is 0.269 e. The Morgan fingerprint density at radius 1 is 1.13 bits per heavy atom.